The van der Waals surface area contributed by atoms with Gasteiger partial charge in [0.05, 0.1) is 10.4 Å². The van der Waals surface area contributed by atoms with Gasteiger partial charge in [-0.15, -0.1) is 11.3 Å². The number of carbonyl (C=O) groups is 1. The number of ether oxygens (including phenoxy) is 1. The van der Waals surface area contributed by atoms with Crippen LogP contribution in [0.5, 0.6) is 11.5 Å². The van der Waals surface area contributed by atoms with E-state index in [1.807, 2.05) is 70.9 Å². The molecule has 140 valence electrons. The van der Waals surface area contributed by atoms with Crippen LogP contribution in [0.15, 0.2) is 71.0 Å². The Morgan fingerprint density at radius 1 is 0.893 bits per heavy atom. The molecule has 1 aromatic heterocycles. The molecule has 5 nitrogen and oxygen atoms in total. The van der Waals surface area contributed by atoms with Crippen LogP contribution in [0.2, 0.25) is 0 Å². The number of rotatable bonds is 1. The number of benzene rings is 2. The van der Waals surface area contributed by atoms with Crippen molar-refractivity contribution < 1.29 is 9.53 Å². The SMILES string of the molecule is O=C(c1cccs1)N1CCN(C2=Nc3ccccc3Oc3ccccc32)CC1. The third-order valence-electron chi connectivity index (χ3n) is 5.04. The zero-order valence-corrected chi connectivity index (χ0v) is 16.1. The van der Waals surface area contributed by atoms with Gasteiger partial charge >= 0.3 is 0 Å². The van der Waals surface area contributed by atoms with Gasteiger partial charge in [0.1, 0.15) is 17.3 Å². The lowest BCUT2D eigenvalue weighted by molar-refractivity contribution is 0.0697. The molecule has 0 radical (unpaired) electrons. The lowest BCUT2D eigenvalue weighted by atomic mass is 10.1. The van der Waals surface area contributed by atoms with E-state index in [0.29, 0.717) is 13.1 Å². The lowest BCUT2D eigenvalue weighted by Crippen LogP contribution is -2.50. The van der Waals surface area contributed by atoms with Crippen LogP contribution >= 0.6 is 11.3 Å². The fourth-order valence-corrected chi connectivity index (χ4v) is 4.28. The molecule has 5 rings (SSSR count). The van der Waals surface area contributed by atoms with Gasteiger partial charge in [-0.25, -0.2) is 4.99 Å². The van der Waals surface area contributed by atoms with E-state index in [2.05, 4.69) is 4.90 Å². The molecule has 2 aliphatic rings. The van der Waals surface area contributed by atoms with Gasteiger partial charge in [-0.1, -0.05) is 30.3 Å². The van der Waals surface area contributed by atoms with Gasteiger partial charge in [-0.05, 0) is 35.7 Å². The second-order valence-electron chi connectivity index (χ2n) is 6.76. The predicted octanol–water partition coefficient (Wildman–Crippen LogP) is 4.39. The van der Waals surface area contributed by atoms with Crippen molar-refractivity contribution in [1.82, 2.24) is 9.80 Å². The van der Waals surface area contributed by atoms with Crippen molar-refractivity contribution in [1.29, 1.82) is 0 Å². The van der Waals surface area contributed by atoms with E-state index in [4.69, 9.17) is 9.73 Å². The molecular formula is C22H19N3O2S. The minimum absolute atomic E-state index is 0.117. The van der Waals surface area contributed by atoms with E-state index >= 15 is 0 Å². The summed E-state index contributed by atoms with van der Waals surface area (Å²) < 4.78 is 6.13. The summed E-state index contributed by atoms with van der Waals surface area (Å²) in [6.07, 6.45) is 0. The number of para-hydroxylation sites is 3. The van der Waals surface area contributed by atoms with Gasteiger partial charge in [0, 0.05) is 26.2 Å². The molecule has 0 atom stereocenters. The zero-order chi connectivity index (χ0) is 18.9. The van der Waals surface area contributed by atoms with Gasteiger partial charge < -0.3 is 14.5 Å². The first kappa shape index (κ1) is 17.0. The lowest BCUT2D eigenvalue weighted by Gasteiger charge is -2.36. The fraction of sp³-hybridized carbons (Fsp3) is 0.182. The molecule has 28 heavy (non-hydrogen) atoms. The van der Waals surface area contributed by atoms with Crippen LogP contribution in [-0.2, 0) is 0 Å². The molecule has 1 saturated heterocycles. The third-order valence-corrected chi connectivity index (χ3v) is 5.90. The van der Waals surface area contributed by atoms with Gasteiger partial charge in [0.2, 0.25) is 0 Å². The average Bonchev–Trinajstić information content (AvgIpc) is 3.22. The van der Waals surface area contributed by atoms with Crippen LogP contribution in [0, 0.1) is 0 Å². The monoisotopic (exact) mass is 389 g/mol. The van der Waals surface area contributed by atoms with Gasteiger partial charge in [0.15, 0.2) is 5.75 Å². The van der Waals surface area contributed by atoms with Gasteiger partial charge in [0.25, 0.3) is 5.91 Å². The Morgan fingerprint density at radius 2 is 1.64 bits per heavy atom. The molecule has 0 N–H and O–H groups in total. The van der Waals surface area contributed by atoms with E-state index < -0.39 is 0 Å². The second kappa shape index (κ2) is 7.13. The highest BCUT2D eigenvalue weighted by Gasteiger charge is 2.27. The molecule has 0 bridgehead atoms. The first-order valence-electron chi connectivity index (χ1n) is 9.32. The third kappa shape index (κ3) is 3.05. The Kier molecular flexibility index (Phi) is 4.33. The standard InChI is InChI=1S/C22H19N3O2S/c26-22(20-10-5-15-28-20)25-13-11-24(12-14-25)21-16-6-1-3-8-18(16)27-19-9-4-2-7-17(19)23-21/h1-10,15H,11-14H2. The van der Waals surface area contributed by atoms with Crippen LogP contribution in [0.1, 0.15) is 15.2 Å². The van der Waals surface area contributed by atoms with Crippen LogP contribution in [0.4, 0.5) is 5.69 Å². The first-order valence-corrected chi connectivity index (χ1v) is 10.2. The Bertz CT molecular complexity index is 1040. The highest BCUT2D eigenvalue weighted by molar-refractivity contribution is 7.12. The van der Waals surface area contributed by atoms with Crippen LogP contribution in [0.25, 0.3) is 0 Å². The van der Waals surface area contributed by atoms with E-state index in [1.165, 1.54) is 11.3 Å². The summed E-state index contributed by atoms with van der Waals surface area (Å²) in [5.41, 5.74) is 1.81. The van der Waals surface area contributed by atoms with Crippen molar-refractivity contribution in [2.24, 2.45) is 4.99 Å². The highest BCUT2D eigenvalue weighted by Crippen LogP contribution is 2.37. The number of hydrogen-bond acceptors (Lipinski definition) is 5. The summed E-state index contributed by atoms with van der Waals surface area (Å²) >= 11 is 1.49. The van der Waals surface area contributed by atoms with Gasteiger partial charge in [-0.2, -0.15) is 0 Å². The number of fused-ring (bicyclic) bond motifs is 2. The first-order chi connectivity index (χ1) is 13.8. The summed E-state index contributed by atoms with van der Waals surface area (Å²) in [7, 11) is 0. The summed E-state index contributed by atoms with van der Waals surface area (Å²) in [5, 5.41) is 1.94. The molecule has 0 aliphatic carbocycles. The number of amides is 1. The molecular weight excluding hydrogens is 370 g/mol. The number of aliphatic imine (C=N–C) groups is 1. The normalized spacial score (nSPS) is 15.8. The quantitative estimate of drug-likeness (QED) is 0.620. The number of nitrogens with zero attached hydrogens (tertiary/aromatic N) is 3. The van der Waals surface area contributed by atoms with E-state index in [1.54, 1.807) is 0 Å². The minimum Gasteiger partial charge on any atom is -0.454 e. The smallest absolute Gasteiger partial charge is 0.264 e. The molecule has 2 aliphatic heterocycles. The minimum atomic E-state index is 0.117. The van der Waals surface area contributed by atoms with Crippen molar-refractivity contribution in [2.75, 3.05) is 26.2 Å². The number of thiophene rings is 1. The second-order valence-corrected chi connectivity index (χ2v) is 7.71. The molecule has 0 spiro atoms. The van der Waals surface area contributed by atoms with Crippen molar-refractivity contribution in [3.63, 3.8) is 0 Å². The Labute approximate surface area is 167 Å². The average molecular weight is 389 g/mol. The van der Waals surface area contributed by atoms with Gasteiger partial charge in [-0.3, -0.25) is 4.79 Å². The summed E-state index contributed by atoms with van der Waals surface area (Å²) in [4.78, 5) is 22.5. The number of amidine groups is 1. The summed E-state index contributed by atoms with van der Waals surface area (Å²) in [5.74, 6) is 2.59. The van der Waals surface area contributed by atoms with Crippen LogP contribution in [0.3, 0.4) is 0 Å². The molecule has 1 amide bonds. The maximum atomic E-state index is 12.6. The molecule has 6 heteroatoms. The number of hydrogen-bond donors (Lipinski definition) is 0. The van der Waals surface area contributed by atoms with Crippen molar-refractivity contribution in [3.05, 3.63) is 76.5 Å². The Morgan fingerprint density at radius 3 is 2.43 bits per heavy atom. The highest BCUT2D eigenvalue weighted by atomic mass is 32.1. The Balaban J connectivity index is 1.43. The zero-order valence-electron chi connectivity index (χ0n) is 15.2. The predicted molar refractivity (Wildman–Crippen MR) is 111 cm³/mol. The molecule has 3 heterocycles. The van der Waals surface area contributed by atoms with E-state index in [-0.39, 0.29) is 5.91 Å². The maximum Gasteiger partial charge on any atom is 0.264 e. The topological polar surface area (TPSA) is 45.1 Å². The molecule has 0 unspecified atom stereocenters. The van der Waals surface area contributed by atoms with Crippen LogP contribution < -0.4 is 4.74 Å². The molecule has 0 saturated carbocycles. The summed E-state index contributed by atoms with van der Waals surface area (Å²) in [6.45, 7) is 2.85. The molecule has 3 aromatic rings. The fourth-order valence-electron chi connectivity index (χ4n) is 3.59. The van der Waals surface area contributed by atoms with Crippen molar-refractivity contribution in [3.8, 4) is 11.5 Å². The van der Waals surface area contributed by atoms with Crippen molar-refractivity contribution >= 4 is 28.8 Å². The Hall–Kier alpha value is -3.12. The maximum absolute atomic E-state index is 12.6. The molecule has 2 aromatic carbocycles. The summed E-state index contributed by atoms with van der Waals surface area (Å²) in [6, 6.07) is 19.6. The number of carbonyl (C=O) groups excluding carboxylic acids is 1. The largest absolute Gasteiger partial charge is 0.454 e. The number of piperazine rings is 1. The van der Waals surface area contributed by atoms with E-state index in [9.17, 15) is 4.79 Å². The molecule has 1 fully saturated rings. The van der Waals surface area contributed by atoms with Crippen molar-refractivity contribution in [2.45, 2.75) is 0 Å². The van der Waals surface area contributed by atoms with E-state index in [0.717, 1.165) is 46.6 Å². The van der Waals surface area contributed by atoms with Crippen LogP contribution in [-0.4, -0.2) is 47.7 Å².